The topological polar surface area (TPSA) is 76.4 Å². The Balaban J connectivity index is 1.48. The number of ether oxygens (including phenoxy) is 1. The second-order valence-electron chi connectivity index (χ2n) is 8.15. The molecule has 6 rings (SSSR count). The van der Waals surface area contributed by atoms with Gasteiger partial charge >= 0.3 is 0 Å². The number of hydrogen-bond acceptors (Lipinski definition) is 6. The molecule has 1 aromatic heterocycles. The summed E-state index contributed by atoms with van der Waals surface area (Å²) in [6.07, 6.45) is 0. The highest BCUT2D eigenvalue weighted by Crippen LogP contribution is 2.45. The predicted molar refractivity (Wildman–Crippen MR) is 133 cm³/mol. The molecule has 0 unspecified atom stereocenters. The first-order chi connectivity index (χ1) is 16.7. The van der Waals surface area contributed by atoms with Crippen molar-refractivity contribution in [1.82, 2.24) is 5.16 Å². The van der Waals surface area contributed by atoms with Gasteiger partial charge in [-0.3, -0.25) is 4.79 Å². The third-order valence-electron chi connectivity index (χ3n) is 6.09. The molecule has 1 aliphatic rings. The molecule has 2 N–H and O–H groups in total. The summed E-state index contributed by atoms with van der Waals surface area (Å²) in [5, 5.41) is 12.0. The first-order valence-corrected chi connectivity index (χ1v) is 11.0. The van der Waals surface area contributed by atoms with Gasteiger partial charge in [-0.05, 0) is 35.9 Å². The van der Waals surface area contributed by atoms with Crippen molar-refractivity contribution in [3.8, 4) is 17.1 Å². The van der Waals surface area contributed by atoms with E-state index in [1.807, 2.05) is 84.9 Å². The standard InChI is InChI=1S/C28H21N3O3/c1-33-19-13-11-17(12-14-19)16-29-23-15-22(30-18-7-3-2-4-8-18)24-25-26(23)31-34-28(25)21-10-6-5-9-20(21)27(24)32/h2-15,29-30H,16H2,1H3. The van der Waals surface area contributed by atoms with Gasteiger partial charge in [-0.25, -0.2) is 0 Å². The number of hydrogen-bond donors (Lipinski definition) is 2. The first-order valence-electron chi connectivity index (χ1n) is 11.0. The summed E-state index contributed by atoms with van der Waals surface area (Å²) in [5.74, 6) is 1.38. The summed E-state index contributed by atoms with van der Waals surface area (Å²) in [7, 11) is 1.65. The third-order valence-corrected chi connectivity index (χ3v) is 6.09. The fourth-order valence-electron chi connectivity index (χ4n) is 4.41. The molecule has 4 aromatic carbocycles. The maximum absolute atomic E-state index is 13.6. The molecule has 6 heteroatoms. The van der Waals surface area contributed by atoms with Crippen molar-refractivity contribution < 1.29 is 14.1 Å². The number of fused-ring (bicyclic) bond motifs is 2. The SMILES string of the molecule is COc1ccc(CNc2cc(Nc3ccccc3)c3c4c(onc24)-c2ccccc2C3=O)cc1. The summed E-state index contributed by atoms with van der Waals surface area (Å²) >= 11 is 0. The Morgan fingerprint density at radius 3 is 2.38 bits per heavy atom. The molecule has 166 valence electrons. The summed E-state index contributed by atoms with van der Waals surface area (Å²) in [4.78, 5) is 13.6. The number of carbonyl (C=O) groups excluding carboxylic acids is 1. The average molecular weight is 447 g/mol. The molecule has 0 saturated heterocycles. The fourth-order valence-corrected chi connectivity index (χ4v) is 4.41. The predicted octanol–water partition coefficient (Wildman–Crippen LogP) is 6.40. The van der Waals surface area contributed by atoms with Crippen molar-refractivity contribution in [3.63, 3.8) is 0 Å². The number of para-hydroxylation sites is 1. The van der Waals surface area contributed by atoms with E-state index in [0.29, 0.717) is 34.6 Å². The van der Waals surface area contributed by atoms with Gasteiger partial charge in [0.1, 0.15) is 11.3 Å². The number of carbonyl (C=O) groups is 1. The normalized spacial score (nSPS) is 11.9. The number of methoxy groups -OCH3 is 1. The summed E-state index contributed by atoms with van der Waals surface area (Å²) in [6, 6.07) is 27.1. The maximum Gasteiger partial charge on any atom is 0.196 e. The number of anilines is 3. The van der Waals surface area contributed by atoms with Crippen molar-refractivity contribution in [3.05, 3.63) is 102 Å². The molecule has 0 saturated carbocycles. The lowest BCUT2D eigenvalue weighted by atomic mass is 9.86. The Labute approximate surface area is 196 Å². The van der Waals surface area contributed by atoms with E-state index in [1.54, 1.807) is 7.11 Å². The molecular formula is C28H21N3O3. The van der Waals surface area contributed by atoms with E-state index in [2.05, 4.69) is 15.8 Å². The van der Waals surface area contributed by atoms with E-state index in [0.717, 1.165) is 33.6 Å². The molecule has 1 heterocycles. The molecule has 0 aliphatic heterocycles. The largest absolute Gasteiger partial charge is 0.497 e. The second-order valence-corrected chi connectivity index (χ2v) is 8.15. The zero-order chi connectivity index (χ0) is 23.1. The minimum Gasteiger partial charge on any atom is -0.497 e. The van der Waals surface area contributed by atoms with Gasteiger partial charge in [0.2, 0.25) is 0 Å². The molecule has 0 fully saturated rings. The Morgan fingerprint density at radius 2 is 1.62 bits per heavy atom. The first kappa shape index (κ1) is 20.1. The minimum absolute atomic E-state index is 0.0450. The highest BCUT2D eigenvalue weighted by Gasteiger charge is 2.32. The van der Waals surface area contributed by atoms with Gasteiger partial charge in [0.25, 0.3) is 0 Å². The molecule has 1 aliphatic carbocycles. The smallest absolute Gasteiger partial charge is 0.196 e. The van der Waals surface area contributed by atoms with Gasteiger partial charge in [0.05, 0.1) is 29.4 Å². The van der Waals surface area contributed by atoms with Crippen LogP contribution in [-0.4, -0.2) is 18.0 Å². The van der Waals surface area contributed by atoms with Crippen LogP contribution in [0.15, 0.2) is 89.5 Å². The van der Waals surface area contributed by atoms with Crippen LogP contribution in [-0.2, 0) is 6.54 Å². The molecule has 6 nitrogen and oxygen atoms in total. The lowest BCUT2D eigenvalue weighted by Gasteiger charge is -2.20. The van der Waals surface area contributed by atoms with Crippen LogP contribution in [0.1, 0.15) is 21.5 Å². The van der Waals surface area contributed by atoms with Crippen LogP contribution in [0.2, 0.25) is 0 Å². The van der Waals surface area contributed by atoms with Crippen molar-refractivity contribution in [2.24, 2.45) is 0 Å². The van der Waals surface area contributed by atoms with Crippen LogP contribution in [0.25, 0.3) is 22.2 Å². The van der Waals surface area contributed by atoms with E-state index in [4.69, 9.17) is 9.26 Å². The van der Waals surface area contributed by atoms with Crippen LogP contribution in [0.5, 0.6) is 5.75 Å². The molecule has 0 radical (unpaired) electrons. The second kappa shape index (κ2) is 8.08. The highest BCUT2D eigenvalue weighted by atomic mass is 16.5. The van der Waals surface area contributed by atoms with Crippen LogP contribution in [0, 0.1) is 0 Å². The van der Waals surface area contributed by atoms with E-state index >= 15 is 0 Å². The van der Waals surface area contributed by atoms with Crippen molar-refractivity contribution in [2.75, 3.05) is 17.7 Å². The van der Waals surface area contributed by atoms with Crippen LogP contribution >= 0.6 is 0 Å². The number of benzene rings is 4. The summed E-state index contributed by atoms with van der Waals surface area (Å²) < 4.78 is 11.1. The van der Waals surface area contributed by atoms with Gasteiger partial charge in [-0.2, -0.15) is 0 Å². The van der Waals surface area contributed by atoms with Crippen molar-refractivity contribution in [1.29, 1.82) is 0 Å². The van der Waals surface area contributed by atoms with Crippen molar-refractivity contribution in [2.45, 2.75) is 6.54 Å². The van der Waals surface area contributed by atoms with Crippen LogP contribution in [0.3, 0.4) is 0 Å². The molecule has 0 bridgehead atoms. The van der Waals surface area contributed by atoms with Gasteiger partial charge < -0.3 is 19.9 Å². The van der Waals surface area contributed by atoms with E-state index in [9.17, 15) is 4.79 Å². The third kappa shape index (κ3) is 3.28. The quantitative estimate of drug-likeness (QED) is 0.308. The highest BCUT2D eigenvalue weighted by molar-refractivity contribution is 6.28. The van der Waals surface area contributed by atoms with E-state index < -0.39 is 0 Å². The Kier molecular flexibility index (Phi) is 4.77. The average Bonchev–Trinajstić information content (AvgIpc) is 3.33. The molecule has 0 atom stereocenters. The van der Waals surface area contributed by atoms with Gasteiger partial charge in [-0.15, -0.1) is 0 Å². The maximum atomic E-state index is 13.6. The Bertz CT molecular complexity index is 1520. The number of nitrogens with one attached hydrogen (secondary N) is 2. The van der Waals surface area contributed by atoms with Gasteiger partial charge in [-0.1, -0.05) is 59.8 Å². The summed E-state index contributed by atoms with van der Waals surface area (Å²) in [5.41, 5.74) is 6.07. The van der Waals surface area contributed by atoms with Gasteiger partial charge in [0, 0.05) is 23.4 Å². The molecular weight excluding hydrogens is 426 g/mol. The summed E-state index contributed by atoms with van der Waals surface area (Å²) in [6.45, 7) is 0.579. The number of nitrogens with zero attached hydrogens (tertiary/aromatic N) is 1. The Morgan fingerprint density at radius 1 is 0.882 bits per heavy atom. The lowest BCUT2D eigenvalue weighted by Crippen LogP contribution is -2.12. The van der Waals surface area contributed by atoms with Crippen molar-refractivity contribution >= 4 is 33.7 Å². The van der Waals surface area contributed by atoms with E-state index in [1.165, 1.54) is 0 Å². The van der Waals surface area contributed by atoms with E-state index in [-0.39, 0.29) is 5.78 Å². The fraction of sp³-hybridized carbons (Fsp3) is 0.0714. The molecule has 5 aromatic rings. The lowest BCUT2D eigenvalue weighted by molar-refractivity contribution is 0.104. The van der Waals surface area contributed by atoms with Gasteiger partial charge in [0.15, 0.2) is 11.5 Å². The number of ketones is 1. The molecule has 0 spiro atoms. The zero-order valence-electron chi connectivity index (χ0n) is 18.5. The van der Waals surface area contributed by atoms with Crippen LogP contribution in [0.4, 0.5) is 17.1 Å². The minimum atomic E-state index is -0.0450. The molecule has 34 heavy (non-hydrogen) atoms. The molecule has 0 amide bonds. The Hall–Kier alpha value is -4.58. The zero-order valence-corrected chi connectivity index (χ0v) is 18.5. The number of rotatable bonds is 6. The monoisotopic (exact) mass is 447 g/mol. The number of aromatic nitrogens is 1. The van der Waals surface area contributed by atoms with Crippen LogP contribution < -0.4 is 15.4 Å².